The van der Waals surface area contributed by atoms with E-state index in [1.807, 2.05) is 33.0 Å². The van der Waals surface area contributed by atoms with Crippen LogP contribution in [0.5, 0.6) is 0 Å². The Kier molecular flexibility index (Phi) is 6.91. The van der Waals surface area contributed by atoms with E-state index in [-0.39, 0.29) is 12.0 Å². The van der Waals surface area contributed by atoms with Crippen LogP contribution in [0.15, 0.2) is 48.7 Å². The Morgan fingerprint density at radius 3 is 2.55 bits per heavy atom. The van der Waals surface area contributed by atoms with Gasteiger partial charge in [-0.1, -0.05) is 36.4 Å². The van der Waals surface area contributed by atoms with Crippen LogP contribution < -0.4 is 0 Å². The van der Waals surface area contributed by atoms with Crippen LogP contribution >= 0.6 is 0 Å². The quantitative estimate of drug-likeness (QED) is 0.816. The number of β-amino-alcohol motifs (C(OH)–C–C–N with tert-alkyl or cyclic N) is 1. The van der Waals surface area contributed by atoms with E-state index < -0.39 is 11.7 Å². The van der Waals surface area contributed by atoms with E-state index in [1.165, 1.54) is 5.56 Å². The molecule has 5 nitrogen and oxygen atoms in total. The lowest BCUT2D eigenvalue weighted by Crippen LogP contribution is -2.47. The maximum Gasteiger partial charge on any atom is 0.410 e. The summed E-state index contributed by atoms with van der Waals surface area (Å²) in [5.41, 5.74) is 2.93. The SMILES string of the molecule is CC(C)(C)OC(=O)N1CCC(c2ccc(CCCc3ccccc3)nc2)C(O)C1. The predicted molar refractivity (Wildman–Crippen MR) is 114 cm³/mol. The van der Waals surface area contributed by atoms with Crippen molar-refractivity contribution in [1.29, 1.82) is 0 Å². The summed E-state index contributed by atoms with van der Waals surface area (Å²) in [6.07, 6.45) is 4.67. The molecule has 0 aliphatic carbocycles. The number of rotatable bonds is 5. The first-order valence-corrected chi connectivity index (χ1v) is 10.5. The third kappa shape index (κ3) is 6.29. The first-order valence-electron chi connectivity index (χ1n) is 10.5. The fourth-order valence-corrected chi connectivity index (χ4v) is 3.73. The molecule has 5 heteroatoms. The van der Waals surface area contributed by atoms with Crippen LogP contribution in [0.3, 0.4) is 0 Å². The van der Waals surface area contributed by atoms with Gasteiger partial charge in [0.15, 0.2) is 0 Å². The van der Waals surface area contributed by atoms with Gasteiger partial charge in [0.1, 0.15) is 5.60 Å². The summed E-state index contributed by atoms with van der Waals surface area (Å²) >= 11 is 0. The van der Waals surface area contributed by atoms with Gasteiger partial charge in [-0.15, -0.1) is 0 Å². The third-order valence-electron chi connectivity index (χ3n) is 5.25. The van der Waals surface area contributed by atoms with E-state index in [2.05, 4.69) is 41.4 Å². The molecule has 1 aliphatic heterocycles. The molecule has 29 heavy (non-hydrogen) atoms. The molecule has 1 N–H and O–H groups in total. The summed E-state index contributed by atoms with van der Waals surface area (Å²) in [7, 11) is 0. The van der Waals surface area contributed by atoms with Gasteiger partial charge in [0.2, 0.25) is 0 Å². The van der Waals surface area contributed by atoms with Crippen molar-refractivity contribution >= 4 is 6.09 Å². The number of carbonyl (C=O) groups excluding carboxylic acids is 1. The molecule has 0 bridgehead atoms. The number of nitrogens with zero attached hydrogens (tertiary/aromatic N) is 2. The molecule has 1 aliphatic rings. The zero-order valence-electron chi connectivity index (χ0n) is 17.7. The third-order valence-corrected chi connectivity index (χ3v) is 5.25. The van der Waals surface area contributed by atoms with Crippen molar-refractivity contribution in [3.63, 3.8) is 0 Å². The summed E-state index contributed by atoms with van der Waals surface area (Å²) < 4.78 is 5.42. The van der Waals surface area contributed by atoms with E-state index in [0.29, 0.717) is 19.5 Å². The topological polar surface area (TPSA) is 62.7 Å². The number of aliphatic hydroxyl groups excluding tert-OH is 1. The normalized spacial score (nSPS) is 19.8. The summed E-state index contributed by atoms with van der Waals surface area (Å²) in [5.74, 6) is -0.000412. The Balaban J connectivity index is 1.50. The van der Waals surface area contributed by atoms with Gasteiger partial charge >= 0.3 is 6.09 Å². The van der Waals surface area contributed by atoms with Crippen LogP contribution in [0.25, 0.3) is 0 Å². The highest BCUT2D eigenvalue weighted by Gasteiger charge is 2.33. The molecular formula is C24H32N2O3. The van der Waals surface area contributed by atoms with Gasteiger partial charge in [0.05, 0.1) is 12.6 Å². The molecule has 1 amide bonds. The van der Waals surface area contributed by atoms with Crippen LogP contribution in [0.2, 0.25) is 0 Å². The lowest BCUT2D eigenvalue weighted by Gasteiger charge is -2.36. The van der Waals surface area contributed by atoms with E-state index >= 15 is 0 Å². The lowest BCUT2D eigenvalue weighted by molar-refractivity contribution is -0.00154. The van der Waals surface area contributed by atoms with Gasteiger partial charge in [0, 0.05) is 24.4 Å². The fourth-order valence-electron chi connectivity index (χ4n) is 3.73. The Morgan fingerprint density at radius 1 is 1.17 bits per heavy atom. The number of piperidine rings is 1. The second-order valence-corrected chi connectivity index (χ2v) is 8.81. The molecule has 156 valence electrons. The van der Waals surface area contributed by atoms with Crippen molar-refractivity contribution < 1.29 is 14.6 Å². The van der Waals surface area contributed by atoms with Gasteiger partial charge in [-0.25, -0.2) is 4.79 Å². The molecule has 1 aromatic heterocycles. The molecule has 2 aromatic rings. The van der Waals surface area contributed by atoms with Crippen molar-refractivity contribution in [2.24, 2.45) is 0 Å². The number of hydrogen-bond acceptors (Lipinski definition) is 4. The minimum atomic E-state index is -0.609. The minimum Gasteiger partial charge on any atom is -0.444 e. The average Bonchev–Trinajstić information content (AvgIpc) is 2.68. The number of benzene rings is 1. The molecule has 1 saturated heterocycles. The molecule has 2 unspecified atom stereocenters. The van der Waals surface area contributed by atoms with Crippen LogP contribution in [-0.4, -0.2) is 45.9 Å². The van der Waals surface area contributed by atoms with Gasteiger partial charge in [0.25, 0.3) is 0 Å². The van der Waals surface area contributed by atoms with E-state index in [1.54, 1.807) is 4.90 Å². The van der Waals surface area contributed by atoms with E-state index in [9.17, 15) is 9.90 Å². The number of ether oxygens (including phenoxy) is 1. The Labute approximate surface area is 173 Å². The zero-order chi connectivity index (χ0) is 20.9. The summed E-state index contributed by atoms with van der Waals surface area (Å²) in [4.78, 5) is 18.4. The molecule has 1 aromatic carbocycles. The zero-order valence-corrected chi connectivity index (χ0v) is 17.7. The Morgan fingerprint density at radius 2 is 1.93 bits per heavy atom. The van der Waals surface area contributed by atoms with Crippen molar-refractivity contribution in [3.05, 3.63) is 65.5 Å². The standard InChI is InChI=1S/C24H32N2O3/c1-24(2,3)29-23(28)26-15-14-21(22(27)17-26)19-12-13-20(25-16-19)11-7-10-18-8-5-4-6-9-18/h4-6,8-9,12-13,16,21-22,27H,7,10-11,14-15,17H2,1-3H3. The fraction of sp³-hybridized carbons (Fsp3) is 0.500. The van der Waals surface area contributed by atoms with Gasteiger partial charge in [-0.3, -0.25) is 4.98 Å². The Bertz CT molecular complexity index is 784. The molecule has 1 fully saturated rings. The number of aryl methyl sites for hydroxylation is 2. The molecule has 0 saturated carbocycles. The predicted octanol–water partition coefficient (Wildman–Crippen LogP) is 4.34. The van der Waals surface area contributed by atoms with Gasteiger partial charge < -0.3 is 14.7 Å². The largest absolute Gasteiger partial charge is 0.444 e. The number of aliphatic hydroxyl groups is 1. The maximum absolute atomic E-state index is 12.2. The monoisotopic (exact) mass is 396 g/mol. The number of hydrogen-bond donors (Lipinski definition) is 1. The number of carbonyl (C=O) groups is 1. The number of likely N-dealkylation sites (tertiary alicyclic amines) is 1. The van der Waals surface area contributed by atoms with Crippen molar-refractivity contribution in [2.75, 3.05) is 13.1 Å². The number of amides is 1. The first-order chi connectivity index (χ1) is 13.8. The second-order valence-electron chi connectivity index (χ2n) is 8.81. The van der Waals surface area contributed by atoms with Crippen LogP contribution in [0.1, 0.15) is 56.4 Å². The van der Waals surface area contributed by atoms with Crippen molar-refractivity contribution in [3.8, 4) is 0 Å². The summed E-state index contributed by atoms with van der Waals surface area (Å²) in [6, 6.07) is 14.6. The highest BCUT2D eigenvalue weighted by Crippen LogP contribution is 2.29. The van der Waals surface area contributed by atoms with Crippen LogP contribution in [0.4, 0.5) is 4.79 Å². The molecule has 2 atom stereocenters. The van der Waals surface area contributed by atoms with E-state index in [0.717, 1.165) is 30.5 Å². The maximum atomic E-state index is 12.2. The molecule has 3 rings (SSSR count). The number of aromatic nitrogens is 1. The van der Waals surface area contributed by atoms with Crippen LogP contribution in [0, 0.1) is 0 Å². The van der Waals surface area contributed by atoms with E-state index in [4.69, 9.17) is 4.74 Å². The smallest absolute Gasteiger partial charge is 0.410 e. The average molecular weight is 397 g/mol. The van der Waals surface area contributed by atoms with Crippen molar-refractivity contribution in [2.45, 2.75) is 64.1 Å². The van der Waals surface area contributed by atoms with Crippen LogP contribution in [-0.2, 0) is 17.6 Å². The Hall–Kier alpha value is -2.40. The first kappa shape index (κ1) is 21.3. The molecular weight excluding hydrogens is 364 g/mol. The highest BCUT2D eigenvalue weighted by atomic mass is 16.6. The van der Waals surface area contributed by atoms with Crippen molar-refractivity contribution in [1.82, 2.24) is 9.88 Å². The minimum absolute atomic E-state index is 0.000412. The molecule has 0 radical (unpaired) electrons. The second kappa shape index (κ2) is 9.40. The van der Waals surface area contributed by atoms with Gasteiger partial charge in [-0.2, -0.15) is 0 Å². The lowest BCUT2D eigenvalue weighted by atomic mass is 9.88. The molecule has 0 spiro atoms. The summed E-state index contributed by atoms with van der Waals surface area (Å²) in [5, 5.41) is 10.6. The molecule has 2 heterocycles. The highest BCUT2D eigenvalue weighted by molar-refractivity contribution is 5.68. The summed E-state index contributed by atoms with van der Waals surface area (Å²) in [6.45, 7) is 6.41. The number of pyridine rings is 1. The van der Waals surface area contributed by atoms with Gasteiger partial charge in [-0.05, 0) is 63.6 Å².